The predicted molar refractivity (Wildman–Crippen MR) is 251 cm³/mol. The van der Waals surface area contributed by atoms with Gasteiger partial charge in [-0.1, -0.05) is 189 Å². The molecule has 9 aromatic rings. The second kappa shape index (κ2) is 21.1. The molecule has 2 aromatic heterocycles. The van der Waals surface area contributed by atoms with Crippen LogP contribution in [0.15, 0.2) is 226 Å². The van der Waals surface area contributed by atoms with Crippen LogP contribution in [0, 0.1) is 49.4 Å². The minimum atomic E-state index is -5.31. The molecule has 9 rings (SSSR count). The molecule has 0 aliphatic heterocycles. The molecule has 13 heteroatoms. The van der Waals surface area contributed by atoms with Crippen molar-refractivity contribution < 1.29 is 90.4 Å². The summed E-state index contributed by atoms with van der Waals surface area (Å²) in [4.78, 5) is 23.4. The van der Waals surface area contributed by atoms with Crippen molar-refractivity contribution in [2.75, 3.05) is 0 Å². The van der Waals surface area contributed by atoms with Gasteiger partial charge < -0.3 is 23.1 Å². The second-order valence-corrected chi connectivity index (χ2v) is 19.7. The monoisotopic (exact) mass is 1050 g/mol. The maximum absolute atomic E-state index is 13.8. The molecular formula is C52H39EuF3O7P2. The smallest absolute Gasteiger partial charge is 0.455 e. The molecule has 0 aliphatic carbocycles. The molecule has 1 N–H and O–H groups in total. The maximum Gasteiger partial charge on any atom is 0.455 e. The average molecular weight is 1050 g/mol. The van der Waals surface area contributed by atoms with Crippen LogP contribution in [-0.2, 0) is 9.13 Å². The number of carbonyl (C=O) groups is 1. The number of fused-ring (bicyclic) bond motifs is 5. The third kappa shape index (κ3) is 9.96. The normalized spacial score (nSPS) is 11.7. The van der Waals surface area contributed by atoms with Gasteiger partial charge >= 0.3 is 11.8 Å². The largest absolute Gasteiger partial charge is 0.506 e. The first-order valence-electron chi connectivity index (χ1n) is 19.8. The van der Waals surface area contributed by atoms with Crippen LogP contribution in [-0.4, -0.2) is 17.1 Å². The number of ketones is 1. The standard InChI is InChI=1S/C18H15OP.C17H7F3O5.C17H17OP.Eu/c19-20(16-10-4-1-5-11-16,17-12-6-2-7-13-17)18-14-8-3-9-15-18;18-17(19,20)15(22)12-13(21)8-5-6-10-11(14(8)25-16(12)23)7-3-1-2-4-9(7)24-10;1-3-15(4-2)19(18,16-11-7-5-8-12-16)17-13-9-6-10-14-17;/h1-15H;1-6,21H;3-14H,1H2,2H3;/b;;15-4+;. The van der Waals surface area contributed by atoms with Crippen LogP contribution in [0.25, 0.3) is 32.9 Å². The summed E-state index contributed by atoms with van der Waals surface area (Å²) in [5.41, 5.74) is -2.35. The van der Waals surface area contributed by atoms with E-state index in [4.69, 9.17) is 8.83 Å². The summed E-state index contributed by atoms with van der Waals surface area (Å²) in [5, 5.41) is 15.9. The fraction of sp³-hybridized carbons (Fsp3) is 0.0385. The number of alkyl halides is 3. The molecular weight excluding hydrogens is 1010 g/mol. The molecule has 0 saturated heterocycles. The first kappa shape index (κ1) is 48.8. The summed E-state index contributed by atoms with van der Waals surface area (Å²) in [6.45, 7) is 5.71. The molecule has 0 saturated carbocycles. The van der Waals surface area contributed by atoms with Gasteiger partial charge in [-0.15, -0.1) is 0 Å². The van der Waals surface area contributed by atoms with Gasteiger partial charge in [0.2, 0.25) is 0 Å². The Labute approximate surface area is 413 Å². The Morgan fingerprint density at radius 2 is 1.00 bits per heavy atom. The molecule has 0 amide bonds. The number of furan rings is 1. The number of aromatic hydroxyl groups is 1. The van der Waals surface area contributed by atoms with Crippen molar-refractivity contribution in [2.24, 2.45) is 0 Å². The fourth-order valence-electron chi connectivity index (χ4n) is 7.31. The Morgan fingerprint density at radius 3 is 1.42 bits per heavy atom. The van der Waals surface area contributed by atoms with Gasteiger partial charge in [0.05, 0.1) is 10.8 Å². The number of hydrogen-bond acceptors (Lipinski definition) is 7. The molecule has 1 radical (unpaired) electrons. The fourth-order valence-corrected chi connectivity index (χ4v) is 12.7. The Bertz CT molecular complexity index is 3140. The van der Waals surface area contributed by atoms with E-state index in [9.17, 15) is 37.0 Å². The Hall–Kier alpha value is -5.67. The van der Waals surface area contributed by atoms with Crippen LogP contribution in [0.3, 0.4) is 0 Å². The summed E-state index contributed by atoms with van der Waals surface area (Å²) in [6.07, 6.45) is -1.74. The van der Waals surface area contributed by atoms with Crippen molar-refractivity contribution >= 4 is 79.5 Å². The molecule has 0 bridgehead atoms. The SMILES string of the molecule is C=C/C(=C\C)P(=O)(c1ccccc1)c1ccccc1.O=C(c1c(O)c2ccc3oc4ccccc4c3c2oc1=O)C(F)(F)F.O=P(c1ccccc1)(c1ccccc1)c1ccccc1.[Eu]. The Balaban J connectivity index is 0.000000162. The molecule has 0 spiro atoms. The van der Waals surface area contributed by atoms with E-state index in [1.165, 1.54) is 12.1 Å². The molecule has 2 heterocycles. The predicted octanol–water partition coefficient (Wildman–Crippen LogP) is 11.6. The van der Waals surface area contributed by atoms with Gasteiger partial charge in [-0.25, -0.2) is 4.79 Å². The number of benzene rings is 7. The van der Waals surface area contributed by atoms with E-state index >= 15 is 0 Å². The van der Waals surface area contributed by atoms with Gasteiger partial charge in [0.25, 0.3) is 5.78 Å². The van der Waals surface area contributed by atoms with Crippen molar-refractivity contribution in [3.05, 3.63) is 228 Å². The van der Waals surface area contributed by atoms with Crippen LogP contribution in [0.2, 0.25) is 0 Å². The van der Waals surface area contributed by atoms with E-state index in [0.29, 0.717) is 21.9 Å². The van der Waals surface area contributed by atoms with Gasteiger partial charge in [-0.05, 0) is 25.1 Å². The third-order valence-electron chi connectivity index (χ3n) is 10.3. The first-order chi connectivity index (χ1) is 30.8. The van der Waals surface area contributed by atoms with E-state index in [-0.39, 0.29) is 60.3 Å². The molecule has 65 heavy (non-hydrogen) atoms. The van der Waals surface area contributed by atoms with Crippen LogP contribution in [0.1, 0.15) is 17.3 Å². The van der Waals surface area contributed by atoms with Crippen molar-refractivity contribution in [1.82, 2.24) is 0 Å². The van der Waals surface area contributed by atoms with Crippen LogP contribution < -0.4 is 32.1 Å². The van der Waals surface area contributed by atoms with Crippen LogP contribution in [0.5, 0.6) is 5.75 Å². The number of halogens is 3. The summed E-state index contributed by atoms with van der Waals surface area (Å²) < 4.78 is 76.0. The molecule has 0 unspecified atom stereocenters. The van der Waals surface area contributed by atoms with Gasteiger partial charge in [-0.2, -0.15) is 13.2 Å². The van der Waals surface area contributed by atoms with Gasteiger partial charge in [0, 0.05) is 86.6 Å². The summed E-state index contributed by atoms with van der Waals surface area (Å²) >= 11 is 0. The molecule has 327 valence electrons. The zero-order valence-electron chi connectivity index (χ0n) is 34.6. The maximum atomic E-state index is 13.8. The van der Waals surface area contributed by atoms with E-state index in [1.807, 2.05) is 165 Å². The minimum absolute atomic E-state index is 0. The molecule has 0 atom stereocenters. The number of Topliss-reactive ketones (excluding diaryl/α,β-unsaturated/α-hetero) is 1. The number of carbonyl (C=O) groups excluding carboxylic acids is 1. The average Bonchev–Trinajstić information content (AvgIpc) is 3.72. The minimum Gasteiger partial charge on any atom is -0.506 e. The quantitative estimate of drug-likeness (QED) is 0.0697. The van der Waals surface area contributed by atoms with Gasteiger partial charge in [0.1, 0.15) is 16.9 Å². The number of hydrogen-bond donors (Lipinski definition) is 1. The van der Waals surface area contributed by atoms with E-state index < -0.39 is 43.2 Å². The number of rotatable bonds is 8. The van der Waals surface area contributed by atoms with Crippen molar-refractivity contribution in [2.45, 2.75) is 13.1 Å². The first-order valence-corrected chi connectivity index (χ1v) is 23.2. The zero-order valence-corrected chi connectivity index (χ0v) is 38.8. The molecule has 7 aromatic carbocycles. The second-order valence-electron chi connectivity index (χ2n) is 14.2. The number of allylic oxidation sites excluding steroid dienone is 3. The molecule has 7 nitrogen and oxygen atoms in total. The van der Waals surface area contributed by atoms with Crippen molar-refractivity contribution in [3.8, 4) is 5.75 Å². The van der Waals surface area contributed by atoms with E-state index in [2.05, 4.69) is 6.58 Å². The molecule has 0 aliphatic rings. The third-order valence-corrected chi connectivity index (χ3v) is 16.6. The zero-order chi connectivity index (χ0) is 45.5. The van der Waals surface area contributed by atoms with Gasteiger partial charge in [0.15, 0.2) is 25.4 Å². The number of para-hydroxylation sites is 1. The van der Waals surface area contributed by atoms with Crippen LogP contribution >= 0.6 is 14.3 Å². The summed E-state index contributed by atoms with van der Waals surface area (Å²) in [5.74, 6) is -3.53. The van der Waals surface area contributed by atoms with Crippen molar-refractivity contribution in [3.63, 3.8) is 0 Å². The van der Waals surface area contributed by atoms with Crippen LogP contribution in [0.4, 0.5) is 13.2 Å². The Kier molecular flexibility index (Phi) is 15.8. The van der Waals surface area contributed by atoms with Crippen molar-refractivity contribution in [1.29, 1.82) is 0 Å². The summed E-state index contributed by atoms with van der Waals surface area (Å²) in [6, 6.07) is 57.8. The Morgan fingerprint density at radius 1 is 0.585 bits per heavy atom. The van der Waals surface area contributed by atoms with E-state index in [0.717, 1.165) is 31.8 Å². The summed E-state index contributed by atoms with van der Waals surface area (Å²) in [7, 11) is -5.57. The molecule has 0 fully saturated rings. The van der Waals surface area contributed by atoms with E-state index in [1.54, 1.807) is 30.3 Å². The topological polar surface area (TPSA) is 115 Å². The van der Waals surface area contributed by atoms with Gasteiger partial charge in [-0.3, -0.25) is 4.79 Å².